The van der Waals surface area contributed by atoms with E-state index in [1.165, 1.54) is 12.8 Å². The van der Waals surface area contributed by atoms with E-state index in [9.17, 15) is 4.79 Å². The molecule has 30 heavy (non-hydrogen) atoms. The van der Waals surface area contributed by atoms with Gasteiger partial charge in [0.15, 0.2) is 0 Å². The van der Waals surface area contributed by atoms with Crippen molar-refractivity contribution < 1.29 is 4.79 Å². The number of piperidine rings is 1. The second-order valence-electron chi connectivity index (χ2n) is 8.54. The molecule has 2 saturated heterocycles. The van der Waals surface area contributed by atoms with Gasteiger partial charge in [0.25, 0.3) is 5.91 Å². The van der Waals surface area contributed by atoms with Gasteiger partial charge in [-0.1, -0.05) is 48.5 Å². The van der Waals surface area contributed by atoms with Gasteiger partial charge in [-0.3, -0.25) is 4.79 Å². The maximum absolute atomic E-state index is 13.6. The largest absolute Gasteiger partial charge is 0.349 e. The quantitative estimate of drug-likeness (QED) is 0.633. The molecule has 0 aliphatic carbocycles. The molecule has 3 atom stereocenters. The zero-order chi connectivity index (χ0) is 20.0. The molecule has 3 aromatic rings. The lowest BCUT2D eigenvalue weighted by Gasteiger charge is -2.36. The summed E-state index contributed by atoms with van der Waals surface area (Å²) in [7, 11) is 2.24. The highest BCUT2D eigenvalue weighted by Crippen LogP contribution is 2.36. The molecule has 4 nitrogen and oxygen atoms in total. The number of aryl methyl sites for hydroxylation is 1. The average Bonchev–Trinajstić information content (AvgIpc) is 3.17. The fourth-order valence-electron chi connectivity index (χ4n) is 5.54. The van der Waals surface area contributed by atoms with Crippen LogP contribution in [0.4, 0.5) is 0 Å². The number of para-hydroxylation sites is 1. The van der Waals surface area contributed by atoms with Crippen LogP contribution in [0.2, 0.25) is 0 Å². The molecular weight excluding hydrogens is 394 g/mol. The predicted molar refractivity (Wildman–Crippen MR) is 125 cm³/mol. The second-order valence-corrected chi connectivity index (χ2v) is 8.54. The second kappa shape index (κ2) is 8.44. The summed E-state index contributed by atoms with van der Waals surface area (Å²) >= 11 is 0. The fraction of sp³-hybridized carbons (Fsp3) is 0.400. The highest BCUT2D eigenvalue weighted by atomic mass is 35.5. The molecule has 2 aliphatic rings. The van der Waals surface area contributed by atoms with E-state index in [1.807, 2.05) is 24.3 Å². The maximum atomic E-state index is 13.6. The molecule has 3 heterocycles. The Bertz CT molecular complexity index is 1030. The molecule has 0 spiro atoms. The van der Waals surface area contributed by atoms with Crippen LogP contribution in [-0.4, -0.2) is 40.5 Å². The lowest BCUT2D eigenvalue weighted by atomic mass is 9.97. The summed E-state index contributed by atoms with van der Waals surface area (Å²) < 4.78 is 2.28. The maximum Gasteiger partial charge on any atom is 0.254 e. The van der Waals surface area contributed by atoms with Crippen molar-refractivity contribution in [3.8, 4) is 11.3 Å². The third-order valence-electron chi connectivity index (χ3n) is 6.99. The predicted octanol–water partition coefficient (Wildman–Crippen LogP) is 5.11. The summed E-state index contributed by atoms with van der Waals surface area (Å²) in [6, 6.07) is 20.1. The van der Waals surface area contributed by atoms with Crippen LogP contribution in [-0.2, 0) is 6.54 Å². The van der Waals surface area contributed by atoms with Crippen molar-refractivity contribution in [2.24, 2.45) is 0 Å². The Hall–Kier alpha value is -2.30. The first-order chi connectivity index (χ1) is 14.2. The summed E-state index contributed by atoms with van der Waals surface area (Å²) in [5, 5.41) is 4.46. The number of carbonyl (C=O) groups excluding carboxylic acids is 1. The SMILES string of the molecule is CCn1c(-c2ccccc2)c(C(=O)N[C@H]2C[C@H]3CC[C@@H](C2)N3C)c2ccccc21.Cl. The Morgan fingerprint density at radius 3 is 2.30 bits per heavy atom. The first-order valence-electron chi connectivity index (χ1n) is 10.9. The molecule has 2 bridgehead atoms. The van der Waals surface area contributed by atoms with Crippen molar-refractivity contribution in [2.45, 2.75) is 57.3 Å². The van der Waals surface area contributed by atoms with Gasteiger partial charge in [-0.2, -0.15) is 0 Å². The molecule has 0 radical (unpaired) electrons. The molecule has 5 rings (SSSR count). The van der Waals surface area contributed by atoms with Gasteiger partial charge in [-0.25, -0.2) is 0 Å². The van der Waals surface area contributed by atoms with Gasteiger partial charge in [0.05, 0.1) is 11.3 Å². The highest BCUT2D eigenvalue weighted by molar-refractivity contribution is 6.13. The minimum Gasteiger partial charge on any atom is -0.349 e. The number of hydrogen-bond donors (Lipinski definition) is 1. The average molecular weight is 424 g/mol. The van der Waals surface area contributed by atoms with E-state index in [2.05, 4.69) is 59.1 Å². The standard InChI is InChI=1S/C25H29N3O.ClH/c1-3-28-22-12-8-7-11-21(22)23(24(28)17-9-5-4-6-10-17)25(29)26-18-15-19-13-14-20(16-18)27(19)2;/h4-12,18-20H,3,13-16H2,1-2H3,(H,26,29);1H/t18-,19+,20-;. The first-order valence-corrected chi connectivity index (χ1v) is 10.9. The summed E-state index contributed by atoms with van der Waals surface area (Å²) in [6.07, 6.45) is 4.65. The number of nitrogens with one attached hydrogen (secondary N) is 1. The van der Waals surface area contributed by atoms with Crippen LogP contribution in [0.3, 0.4) is 0 Å². The van der Waals surface area contributed by atoms with Gasteiger partial charge in [0.2, 0.25) is 0 Å². The molecule has 0 saturated carbocycles. The van der Waals surface area contributed by atoms with Gasteiger partial charge in [-0.15, -0.1) is 12.4 Å². The number of nitrogens with zero attached hydrogens (tertiary/aromatic N) is 2. The third-order valence-corrected chi connectivity index (χ3v) is 6.99. The van der Waals surface area contributed by atoms with E-state index in [4.69, 9.17) is 0 Å². The number of rotatable bonds is 4. The van der Waals surface area contributed by atoms with Crippen molar-refractivity contribution >= 4 is 29.2 Å². The highest BCUT2D eigenvalue weighted by Gasteiger charge is 2.39. The number of carbonyl (C=O) groups is 1. The topological polar surface area (TPSA) is 37.3 Å². The van der Waals surface area contributed by atoms with Crippen LogP contribution in [0.15, 0.2) is 54.6 Å². The Morgan fingerprint density at radius 1 is 1.00 bits per heavy atom. The number of halogens is 1. The first kappa shape index (κ1) is 21.0. The summed E-state index contributed by atoms with van der Waals surface area (Å²) in [6.45, 7) is 2.98. The lowest BCUT2D eigenvalue weighted by molar-refractivity contribution is 0.0884. The Kier molecular flexibility index (Phi) is 5.90. The van der Waals surface area contributed by atoms with Crippen molar-refractivity contribution in [2.75, 3.05) is 7.05 Å². The van der Waals surface area contributed by atoms with E-state index < -0.39 is 0 Å². The number of aromatic nitrogens is 1. The fourth-order valence-corrected chi connectivity index (χ4v) is 5.54. The van der Waals surface area contributed by atoms with Gasteiger partial charge in [0.1, 0.15) is 0 Å². The molecular formula is C25H30ClN3O. The molecule has 1 amide bonds. The summed E-state index contributed by atoms with van der Waals surface area (Å²) in [5.74, 6) is 0.0706. The van der Waals surface area contributed by atoms with Crippen molar-refractivity contribution in [3.05, 3.63) is 60.2 Å². The Balaban J connectivity index is 0.00000218. The number of hydrogen-bond acceptors (Lipinski definition) is 2. The molecule has 1 aromatic heterocycles. The van der Waals surface area contributed by atoms with Crippen molar-refractivity contribution in [1.29, 1.82) is 0 Å². The van der Waals surface area contributed by atoms with Gasteiger partial charge >= 0.3 is 0 Å². The molecule has 0 unspecified atom stereocenters. The Labute approximate surface area is 184 Å². The van der Waals surface area contributed by atoms with Gasteiger partial charge in [0, 0.05) is 35.6 Å². The van der Waals surface area contributed by atoms with Crippen molar-refractivity contribution in [1.82, 2.24) is 14.8 Å². The van der Waals surface area contributed by atoms with Crippen LogP contribution in [0.1, 0.15) is 43.0 Å². The smallest absolute Gasteiger partial charge is 0.254 e. The van der Waals surface area contributed by atoms with Crippen LogP contribution >= 0.6 is 12.4 Å². The van der Waals surface area contributed by atoms with Gasteiger partial charge < -0.3 is 14.8 Å². The summed E-state index contributed by atoms with van der Waals surface area (Å²) in [4.78, 5) is 16.1. The molecule has 2 aromatic carbocycles. The van der Waals surface area contributed by atoms with Crippen molar-refractivity contribution in [3.63, 3.8) is 0 Å². The van der Waals surface area contributed by atoms with E-state index in [0.717, 1.165) is 47.1 Å². The minimum absolute atomic E-state index is 0. The molecule has 158 valence electrons. The van der Waals surface area contributed by atoms with Crippen LogP contribution < -0.4 is 5.32 Å². The summed E-state index contributed by atoms with van der Waals surface area (Å²) in [5.41, 5.74) is 4.07. The number of fused-ring (bicyclic) bond motifs is 3. The molecule has 2 fully saturated rings. The van der Waals surface area contributed by atoms with E-state index in [0.29, 0.717) is 12.1 Å². The van der Waals surface area contributed by atoms with Gasteiger partial charge in [-0.05, 0) is 51.3 Å². The van der Waals surface area contributed by atoms with E-state index in [1.54, 1.807) is 0 Å². The Morgan fingerprint density at radius 2 is 1.63 bits per heavy atom. The zero-order valence-electron chi connectivity index (χ0n) is 17.7. The molecule has 5 heteroatoms. The molecule has 2 aliphatic heterocycles. The number of amides is 1. The van der Waals surface area contributed by atoms with E-state index >= 15 is 0 Å². The normalized spacial score (nSPS) is 23.3. The lowest BCUT2D eigenvalue weighted by Crippen LogP contribution is -2.48. The van der Waals surface area contributed by atoms with E-state index in [-0.39, 0.29) is 24.4 Å². The van der Waals surface area contributed by atoms with Crippen LogP contribution in [0.25, 0.3) is 22.2 Å². The monoisotopic (exact) mass is 423 g/mol. The zero-order valence-corrected chi connectivity index (χ0v) is 18.5. The van der Waals surface area contributed by atoms with Crippen LogP contribution in [0, 0.1) is 0 Å². The molecule has 1 N–H and O–H groups in total. The third kappa shape index (κ3) is 3.42. The minimum atomic E-state index is 0. The van der Waals surface area contributed by atoms with Crippen LogP contribution in [0.5, 0.6) is 0 Å². The number of benzene rings is 2.